The first kappa shape index (κ1) is 12.0. The molecule has 0 spiro atoms. The van der Waals surface area contributed by atoms with Crippen molar-refractivity contribution in [2.24, 2.45) is 5.92 Å². The quantitative estimate of drug-likeness (QED) is 0.836. The van der Waals surface area contributed by atoms with Crippen LogP contribution in [0.1, 0.15) is 26.7 Å². The van der Waals surface area contributed by atoms with E-state index in [2.05, 4.69) is 18.9 Å². The zero-order valence-corrected chi connectivity index (χ0v) is 10.5. The monoisotopic (exact) mass is 236 g/mol. The predicted octanol–water partition coefficient (Wildman–Crippen LogP) is 1.11. The van der Waals surface area contributed by atoms with E-state index in [1.54, 1.807) is 16.9 Å². The lowest BCUT2D eigenvalue weighted by Crippen LogP contribution is -2.47. The highest BCUT2D eigenvalue weighted by molar-refractivity contribution is 5.76. The van der Waals surface area contributed by atoms with Gasteiger partial charge in [0.25, 0.3) is 0 Å². The van der Waals surface area contributed by atoms with Crippen molar-refractivity contribution in [3.05, 3.63) is 12.3 Å². The third-order valence-electron chi connectivity index (χ3n) is 3.65. The predicted molar refractivity (Wildman–Crippen MR) is 66.2 cm³/mol. The van der Waals surface area contributed by atoms with Crippen LogP contribution >= 0.6 is 0 Å². The van der Waals surface area contributed by atoms with Gasteiger partial charge in [-0.15, -0.1) is 0 Å². The average molecular weight is 236 g/mol. The fraction of sp³-hybridized carbons (Fsp3) is 0.667. The van der Waals surface area contributed by atoms with Crippen molar-refractivity contribution in [2.75, 3.05) is 12.3 Å². The number of rotatable bonds is 2. The van der Waals surface area contributed by atoms with Crippen LogP contribution in [0.5, 0.6) is 0 Å². The standard InChI is InChI=1S/C12H20N4O/c1-9-4-3-6-16(10(9)2)12(17)8-15-7-5-11(13)14-15/h5,7,9-10H,3-4,6,8H2,1-2H3,(H2,13,14). The van der Waals surface area contributed by atoms with E-state index in [9.17, 15) is 4.79 Å². The molecule has 2 heterocycles. The van der Waals surface area contributed by atoms with E-state index in [0.29, 0.717) is 17.8 Å². The molecule has 2 rings (SSSR count). The zero-order valence-electron chi connectivity index (χ0n) is 10.5. The molecule has 1 amide bonds. The Kier molecular flexibility index (Phi) is 3.36. The SMILES string of the molecule is CC1CCCN(C(=O)Cn2ccc(N)n2)C1C. The molecule has 1 aliphatic heterocycles. The lowest BCUT2D eigenvalue weighted by atomic mass is 9.92. The van der Waals surface area contributed by atoms with Gasteiger partial charge in [-0.25, -0.2) is 0 Å². The van der Waals surface area contributed by atoms with E-state index >= 15 is 0 Å². The molecule has 0 saturated carbocycles. The second kappa shape index (κ2) is 4.77. The Hall–Kier alpha value is -1.52. The largest absolute Gasteiger partial charge is 0.382 e. The molecule has 0 aromatic carbocycles. The number of nitrogens with zero attached hydrogens (tertiary/aromatic N) is 3. The first-order valence-corrected chi connectivity index (χ1v) is 6.16. The van der Waals surface area contributed by atoms with Gasteiger partial charge in [-0.1, -0.05) is 6.92 Å². The van der Waals surface area contributed by atoms with Crippen LogP contribution in [0.2, 0.25) is 0 Å². The van der Waals surface area contributed by atoms with Gasteiger partial charge in [-0.3, -0.25) is 9.48 Å². The molecule has 94 valence electrons. The Balaban J connectivity index is 1.99. The molecule has 2 unspecified atom stereocenters. The molecule has 0 radical (unpaired) electrons. The van der Waals surface area contributed by atoms with Crippen molar-refractivity contribution in [2.45, 2.75) is 39.3 Å². The molecule has 5 nitrogen and oxygen atoms in total. The second-order valence-corrected chi connectivity index (χ2v) is 4.89. The van der Waals surface area contributed by atoms with Gasteiger partial charge in [0.05, 0.1) is 0 Å². The fourth-order valence-corrected chi connectivity index (χ4v) is 2.38. The molecule has 2 atom stereocenters. The summed E-state index contributed by atoms with van der Waals surface area (Å²) in [6.07, 6.45) is 4.05. The number of likely N-dealkylation sites (tertiary alicyclic amines) is 1. The van der Waals surface area contributed by atoms with Gasteiger partial charge in [-0.05, 0) is 31.7 Å². The smallest absolute Gasteiger partial charge is 0.244 e. The van der Waals surface area contributed by atoms with Gasteiger partial charge in [0.15, 0.2) is 0 Å². The summed E-state index contributed by atoms with van der Waals surface area (Å²) in [7, 11) is 0. The van der Waals surface area contributed by atoms with Crippen molar-refractivity contribution >= 4 is 11.7 Å². The maximum absolute atomic E-state index is 12.2. The molecule has 1 aromatic rings. The number of anilines is 1. The van der Waals surface area contributed by atoms with Crippen LogP contribution in [0.4, 0.5) is 5.82 Å². The molecule has 1 aromatic heterocycles. The number of amides is 1. The lowest BCUT2D eigenvalue weighted by Gasteiger charge is -2.37. The first-order chi connectivity index (χ1) is 8.08. The number of carbonyl (C=O) groups excluding carboxylic acids is 1. The number of piperidine rings is 1. The van der Waals surface area contributed by atoms with Crippen molar-refractivity contribution in [3.63, 3.8) is 0 Å². The highest BCUT2D eigenvalue weighted by Gasteiger charge is 2.28. The third-order valence-corrected chi connectivity index (χ3v) is 3.65. The van der Waals surface area contributed by atoms with Crippen molar-refractivity contribution < 1.29 is 4.79 Å². The molecular formula is C12H20N4O. The summed E-state index contributed by atoms with van der Waals surface area (Å²) in [5.41, 5.74) is 5.53. The summed E-state index contributed by atoms with van der Waals surface area (Å²) in [6.45, 7) is 5.48. The highest BCUT2D eigenvalue weighted by atomic mass is 16.2. The molecule has 1 saturated heterocycles. The second-order valence-electron chi connectivity index (χ2n) is 4.89. The van der Waals surface area contributed by atoms with E-state index in [-0.39, 0.29) is 12.5 Å². The summed E-state index contributed by atoms with van der Waals surface area (Å²) in [4.78, 5) is 14.1. The Labute approximate surface area is 102 Å². The number of aromatic nitrogens is 2. The molecule has 0 bridgehead atoms. The number of hydrogen-bond donors (Lipinski definition) is 1. The summed E-state index contributed by atoms with van der Waals surface area (Å²) in [5.74, 6) is 1.17. The maximum atomic E-state index is 12.2. The molecule has 17 heavy (non-hydrogen) atoms. The third kappa shape index (κ3) is 2.60. The van der Waals surface area contributed by atoms with E-state index in [1.807, 2.05) is 4.90 Å². The minimum absolute atomic E-state index is 0.132. The van der Waals surface area contributed by atoms with Crippen LogP contribution < -0.4 is 5.73 Å². The number of nitrogens with two attached hydrogens (primary N) is 1. The van der Waals surface area contributed by atoms with Crippen LogP contribution in [0, 0.1) is 5.92 Å². The normalized spacial score (nSPS) is 24.9. The highest BCUT2D eigenvalue weighted by Crippen LogP contribution is 2.22. The van der Waals surface area contributed by atoms with Gasteiger partial charge in [-0.2, -0.15) is 5.10 Å². The number of hydrogen-bond acceptors (Lipinski definition) is 3. The zero-order chi connectivity index (χ0) is 12.4. The van der Waals surface area contributed by atoms with Gasteiger partial charge < -0.3 is 10.6 Å². The van der Waals surface area contributed by atoms with Crippen LogP contribution in [-0.2, 0) is 11.3 Å². The van der Waals surface area contributed by atoms with E-state index in [4.69, 9.17) is 5.73 Å². The Morgan fingerprint density at radius 2 is 2.35 bits per heavy atom. The fourth-order valence-electron chi connectivity index (χ4n) is 2.38. The molecule has 1 fully saturated rings. The van der Waals surface area contributed by atoms with Gasteiger partial charge >= 0.3 is 0 Å². The Morgan fingerprint density at radius 3 is 3.00 bits per heavy atom. The van der Waals surface area contributed by atoms with Crippen molar-refractivity contribution in [1.29, 1.82) is 0 Å². The van der Waals surface area contributed by atoms with Crippen molar-refractivity contribution in [3.8, 4) is 0 Å². The molecule has 1 aliphatic rings. The van der Waals surface area contributed by atoms with Gasteiger partial charge in [0, 0.05) is 18.8 Å². The summed E-state index contributed by atoms with van der Waals surface area (Å²) in [6, 6.07) is 2.03. The Morgan fingerprint density at radius 1 is 1.59 bits per heavy atom. The van der Waals surface area contributed by atoms with Crippen LogP contribution in [-0.4, -0.2) is 33.2 Å². The minimum Gasteiger partial charge on any atom is -0.382 e. The molecular weight excluding hydrogens is 216 g/mol. The minimum atomic E-state index is 0.132. The van der Waals surface area contributed by atoms with Gasteiger partial charge in [0.2, 0.25) is 5.91 Å². The number of carbonyl (C=O) groups is 1. The summed E-state index contributed by atoms with van der Waals surface area (Å²) < 4.78 is 1.60. The Bertz CT molecular complexity index is 401. The van der Waals surface area contributed by atoms with Gasteiger partial charge in [0.1, 0.15) is 12.4 Å². The molecule has 2 N–H and O–H groups in total. The molecule has 5 heteroatoms. The average Bonchev–Trinajstić information content (AvgIpc) is 2.68. The van der Waals surface area contributed by atoms with E-state index in [0.717, 1.165) is 13.0 Å². The van der Waals surface area contributed by atoms with E-state index in [1.165, 1.54) is 6.42 Å². The van der Waals surface area contributed by atoms with E-state index < -0.39 is 0 Å². The number of nitrogen functional groups attached to an aromatic ring is 1. The van der Waals surface area contributed by atoms with Crippen molar-refractivity contribution in [1.82, 2.24) is 14.7 Å². The van der Waals surface area contributed by atoms with Crippen LogP contribution in [0.15, 0.2) is 12.3 Å². The van der Waals surface area contributed by atoms with Crippen LogP contribution in [0.25, 0.3) is 0 Å². The topological polar surface area (TPSA) is 64.2 Å². The first-order valence-electron chi connectivity index (χ1n) is 6.16. The maximum Gasteiger partial charge on any atom is 0.244 e. The summed E-state index contributed by atoms with van der Waals surface area (Å²) in [5, 5.41) is 4.04. The molecule has 0 aliphatic carbocycles. The lowest BCUT2D eigenvalue weighted by molar-refractivity contribution is -0.136. The van der Waals surface area contributed by atoms with Crippen LogP contribution in [0.3, 0.4) is 0 Å². The summed E-state index contributed by atoms with van der Waals surface area (Å²) >= 11 is 0.